The summed E-state index contributed by atoms with van der Waals surface area (Å²) in [5.41, 5.74) is 7.62. The maximum atomic E-state index is 5.68. The van der Waals surface area contributed by atoms with E-state index in [2.05, 4.69) is 0 Å². The zero-order valence-electron chi connectivity index (χ0n) is 7.21. The summed E-state index contributed by atoms with van der Waals surface area (Å²) in [4.78, 5) is 0. The van der Waals surface area contributed by atoms with Gasteiger partial charge in [0.05, 0.1) is 6.10 Å². The van der Waals surface area contributed by atoms with Crippen molar-refractivity contribution in [2.45, 2.75) is 25.9 Å². The van der Waals surface area contributed by atoms with Crippen LogP contribution in [0.4, 0.5) is 5.69 Å². The van der Waals surface area contributed by atoms with Crippen molar-refractivity contribution < 1.29 is 4.74 Å². The molecule has 0 unspecified atom stereocenters. The van der Waals surface area contributed by atoms with Crippen LogP contribution in [0, 0.1) is 6.92 Å². The predicted molar refractivity (Wildman–Crippen MR) is 49.2 cm³/mol. The molecule has 0 radical (unpaired) electrons. The Kier molecular flexibility index (Phi) is 1.68. The molecule has 0 spiro atoms. The molecule has 1 aromatic carbocycles. The molecule has 0 aromatic heterocycles. The van der Waals surface area contributed by atoms with E-state index >= 15 is 0 Å². The molecule has 1 aliphatic rings. The van der Waals surface area contributed by atoms with Gasteiger partial charge in [-0.15, -0.1) is 0 Å². The van der Waals surface area contributed by atoms with Crippen LogP contribution in [0.5, 0.6) is 5.75 Å². The van der Waals surface area contributed by atoms with Crippen molar-refractivity contribution in [3.63, 3.8) is 0 Å². The fourth-order valence-electron chi connectivity index (χ4n) is 1.22. The van der Waals surface area contributed by atoms with Crippen molar-refractivity contribution in [3.05, 3.63) is 23.8 Å². The second-order valence-electron chi connectivity index (χ2n) is 3.40. The zero-order valence-corrected chi connectivity index (χ0v) is 7.21. The van der Waals surface area contributed by atoms with Gasteiger partial charge in [0.25, 0.3) is 0 Å². The number of aryl methyl sites for hydroxylation is 1. The molecule has 0 heterocycles. The highest BCUT2D eigenvalue weighted by Crippen LogP contribution is 2.28. The van der Waals surface area contributed by atoms with E-state index in [0.29, 0.717) is 6.10 Å². The van der Waals surface area contributed by atoms with Gasteiger partial charge >= 0.3 is 0 Å². The van der Waals surface area contributed by atoms with Gasteiger partial charge in [-0.25, -0.2) is 0 Å². The van der Waals surface area contributed by atoms with Crippen LogP contribution in [0.1, 0.15) is 18.4 Å². The van der Waals surface area contributed by atoms with Gasteiger partial charge in [0.2, 0.25) is 0 Å². The quantitative estimate of drug-likeness (QED) is 0.678. The molecule has 1 aromatic rings. The molecule has 2 N–H and O–H groups in total. The second kappa shape index (κ2) is 2.70. The van der Waals surface area contributed by atoms with Crippen LogP contribution in [-0.2, 0) is 0 Å². The van der Waals surface area contributed by atoms with Gasteiger partial charge < -0.3 is 10.5 Å². The molecular formula is C10H13NO. The van der Waals surface area contributed by atoms with Crippen molar-refractivity contribution in [2.75, 3.05) is 5.73 Å². The number of nitrogens with two attached hydrogens (primary N) is 1. The van der Waals surface area contributed by atoms with Crippen molar-refractivity contribution in [1.82, 2.24) is 0 Å². The van der Waals surface area contributed by atoms with E-state index in [1.807, 2.05) is 25.1 Å². The van der Waals surface area contributed by atoms with Crippen molar-refractivity contribution in [1.29, 1.82) is 0 Å². The van der Waals surface area contributed by atoms with Crippen LogP contribution in [0.15, 0.2) is 18.2 Å². The van der Waals surface area contributed by atoms with E-state index in [0.717, 1.165) is 17.0 Å². The molecule has 2 heteroatoms. The number of rotatable bonds is 2. The first kappa shape index (κ1) is 7.47. The van der Waals surface area contributed by atoms with Gasteiger partial charge in [-0.2, -0.15) is 0 Å². The lowest BCUT2D eigenvalue weighted by Crippen LogP contribution is -1.97. The SMILES string of the molecule is Cc1cc(N)cc(OC2CC2)c1. The largest absolute Gasteiger partial charge is 0.490 e. The third kappa shape index (κ3) is 1.70. The van der Waals surface area contributed by atoms with Crippen LogP contribution in [0.25, 0.3) is 0 Å². The minimum atomic E-state index is 0.450. The molecule has 1 saturated carbocycles. The monoisotopic (exact) mass is 163 g/mol. The first-order valence-corrected chi connectivity index (χ1v) is 4.28. The van der Waals surface area contributed by atoms with E-state index in [9.17, 15) is 0 Å². The van der Waals surface area contributed by atoms with Crippen LogP contribution >= 0.6 is 0 Å². The summed E-state index contributed by atoms with van der Waals surface area (Å²) in [7, 11) is 0. The van der Waals surface area contributed by atoms with Crippen molar-refractivity contribution in [2.24, 2.45) is 0 Å². The van der Waals surface area contributed by atoms with E-state index in [4.69, 9.17) is 10.5 Å². The molecule has 1 fully saturated rings. The maximum absolute atomic E-state index is 5.68. The number of hydrogen-bond donors (Lipinski definition) is 1. The van der Waals surface area contributed by atoms with Crippen molar-refractivity contribution in [3.8, 4) is 5.75 Å². The Labute approximate surface area is 72.3 Å². The molecule has 1 aliphatic carbocycles. The number of benzene rings is 1. The summed E-state index contributed by atoms with van der Waals surface area (Å²) in [6.07, 6.45) is 2.83. The average molecular weight is 163 g/mol. The molecule has 0 bridgehead atoms. The second-order valence-corrected chi connectivity index (χ2v) is 3.40. The highest BCUT2D eigenvalue weighted by molar-refractivity contribution is 5.47. The van der Waals surface area contributed by atoms with Gasteiger partial charge in [0, 0.05) is 11.8 Å². The molecule has 12 heavy (non-hydrogen) atoms. The number of nitrogen functional groups attached to an aromatic ring is 1. The first-order chi connectivity index (χ1) is 5.74. The molecule has 64 valence electrons. The highest BCUT2D eigenvalue weighted by atomic mass is 16.5. The molecule has 0 saturated heterocycles. The normalized spacial score (nSPS) is 16.1. The van der Waals surface area contributed by atoms with E-state index in [1.165, 1.54) is 12.8 Å². The summed E-state index contributed by atoms with van der Waals surface area (Å²) >= 11 is 0. The Morgan fingerprint density at radius 3 is 2.67 bits per heavy atom. The Morgan fingerprint density at radius 2 is 2.08 bits per heavy atom. The van der Waals surface area contributed by atoms with E-state index < -0.39 is 0 Å². The van der Waals surface area contributed by atoms with Crippen LogP contribution in [0.3, 0.4) is 0 Å². The average Bonchev–Trinajstić information content (AvgIpc) is 2.68. The minimum absolute atomic E-state index is 0.450. The third-order valence-electron chi connectivity index (χ3n) is 1.90. The van der Waals surface area contributed by atoms with Crippen LogP contribution in [0.2, 0.25) is 0 Å². The smallest absolute Gasteiger partial charge is 0.122 e. The highest BCUT2D eigenvalue weighted by Gasteiger charge is 2.23. The summed E-state index contributed by atoms with van der Waals surface area (Å²) in [5, 5.41) is 0. The molecule has 0 amide bonds. The lowest BCUT2D eigenvalue weighted by Gasteiger charge is -2.05. The summed E-state index contributed by atoms with van der Waals surface area (Å²) < 4.78 is 5.61. The molecular weight excluding hydrogens is 150 g/mol. The first-order valence-electron chi connectivity index (χ1n) is 4.28. The topological polar surface area (TPSA) is 35.2 Å². The predicted octanol–water partition coefficient (Wildman–Crippen LogP) is 2.12. The number of anilines is 1. The number of ether oxygens (including phenoxy) is 1. The summed E-state index contributed by atoms with van der Waals surface area (Å²) in [6, 6.07) is 5.85. The van der Waals surface area contributed by atoms with Gasteiger partial charge in [-0.1, -0.05) is 0 Å². The molecule has 2 rings (SSSR count). The molecule has 0 atom stereocenters. The van der Waals surface area contributed by atoms with Gasteiger partial charge in [0.1, 0.15) is 5.75 Å². The Morgan fingerprint density at radius 1 is 1.33 bits per heavy atom. The summed E-state index contributed by atoms with van der Waals surface area (Å²) in [6.45, 7) is 2.02. The third-order valence-corrected chi connectivity index (χ3v) is 1.90. The zero-order chi connectivity index (χ0) is 8.55. The van der Waals surface area contributed by atoms with Crippen LogP contribution in [-0.4, -0.2) is 6.10 Å². The Hall–Kier alpha value is -1.18. The molecule has 2 nitrogen and oxygen atoms in total. The minimum Gasteiger partial charge on any atom is -0.490 e. The van der Waals surface area contributed by atoms with Gasteiger partial charge in [-0.05, 0) is 37.5 Å². The lowest BCUT2D eigenvalue weighted by atomic mass is 10.2. The van der Waals surface area contributed by atoms with Gasteiger partial charge in [-0.3, -0.25) is 0 Å². The standard InChI is InChI=1S/C10H13NO/c1-7-4-8(11)6-10(5-7)12-9-2-3-9/h4-6,9H,2-3,11H2,1H3. The fourth-order valence-corrected chi connectivity index (χ4v) is 1.22. The van der Waals surface area contributed by atoms with E-state index in [1.54, 1.807) is 0 Å². The van der Waals surface area contributed by atoms with Gasteiger partial charge in [0.15, 0.2) is 0 Å². The maximum Gasteiger partial charge on any atom is 0.122 e. The molecule has 0 aliphatic heterocycles. The van der Waals surface area contributed by atoms with Crippen molar-refractivity contribution >= 4 is 5.69 Å². The number of hydrogen-bond acceptors (Lipinski definition) is 2. The summed E-state index contributed by atoms with van der Waals surface area (Å²) in [5.74, 6) is 0.912. The lowest BCUT2D eigenvalue weighted by molar-refractivity contribution is 0.303. The Bertz CT molecular complexity index is 272. The van der Waals surface area contributed by atoms with E-state index in [-0.39, 0.29) is 0 Å². The Balaban J connectivity index is 2.18. The van der Waals surface area contributed by atoms with Crippen LogP contribution < -0.4 is 10.5 Å². The fraction of sp³-hybridized carbons (Fsp3) is 0.400.